The highest BCUT2D eigenvalue weighted by atomic mass is 16.5. The van der Waals surface area contributed by atoms with Gasteiger partial charge in [-0.3, -0.25) is 0 Å². The van der Waals surface area contributed by atoms with Gasteiger partial charge in [0.1, 0.15) is 11.5 Å². The van der Waals surface area contributed by atoms with Gasteiger partial charge in [-0.1, -0.05) is 268 Å². The zero-order valence-corrected chi connectivity index (χ0v) is 80.6. The van der Waals surface area contributed by atoms with Crippen LogP contribution in [-0.4, -0.2) is 37.1 Å². The Morgan fingerprint density at radius 3 is 0.782 bits per heavy atom. The minimum Gasteiger partial charge on any atom is -0.497 e. The van der Waals surface area contributed by atoms with Crippen LogP contribution < -0.4 is 9.47 Å². The Balaban J connectivity index is 0.000000108. The largest absolute Gasteiger partial charge is 0.497 e. The van der Waals surface area contributed by atoms with E-state index in [9.17, 15) is 0 Å². The van der Waals surface area contributed by atoms with Gasteiger partial charge in [-0.2, -0.15) is 0 Å². The van der Waals surface area contributed by atoms with Gasteiger partial charge < -0.3 is 32.3 Å². The molecular formula is C126H123N5O2. The molecule has 0 aliphatic carbocycles. The molecule has 0 amide bonds. The van der Waals surface area contributed by atoms with Gasteiger partial charge in [0.25, 0.3) is 0 Å². The third-order valence-corrected chi connectivity index (χ3v) is 27.0. The molecule has 23 aromatic rings. The van der Waals surface area contributed by atoms with Crippen LogP contribution in [0.25, 0.3) is 175 Å². The van der Waals surface area contributed by atoms with E-state index in [1.807, 2.05) is 24.3 Å². The van der Waals surface area contributed by atoms with E-state index in [-0.39, 0.29) is 0 Å². The van der Waals surface area contributed by atoms with E-state index in [4.69, 9.17) is 9.47 Å². The van der Waals surface area contributed by atoms with Crippen molar-refractivity contribution in [2.75, 3.05) is 14.2 Å². The quantitative estimate of drug-likeness (QED) is 0.0758. The van der Waals surface area contributed by atoms with Crippen LogP contribution in [0.4, 0.5) is 0 Å². The number of aryl methyl sites for hydroxylation is 15. The number of benzene rings is 18. The Hall–Kier alpha value is -14.4. The van der Waals surface area contributed by atoms with E-state index >= 15 is 0 Å². The van der Waals surface area contributed by atoms with E-state index in [0.29, 0.717) is 0 Å². The molecule has 0 unspecified atom stereocenters. The Morgan fingerprint density at radius 1 is 0.203 bits per heavy atom. The van der Waals surface area contributed by atoms with Gasteiger partial charge in [-0.15, -0.1) is 0 Å². The molecule has 23 rings (SSSR count). The maximum absolute atomic E-state index is 5.29. The summed E-state index contributed by atoms with van der Waals surface area (Å²) in [4.78, 5) is 0. The van der Waals surface area contributed by atoms with Gasteiger partial charge in [0.2, 0.25) is 0 Å². The molecule has 0 saturated heterocycles. The van der Waals surface area contributed by atoms with Crippen LogP contribution >= 0.6 is 0 Å². The molecule has 0 aliphatic heterocycles. The molecule has 0 atom stereocenters. The minimum atomic E-state index is 0.876. The lowest BCUT2D eigenvalue weighted by molar-refractivity contribution is 0.414. The highest BCUT2D eigenvalue weighted by Crippen LogP contribution is 2.45. The summed E-state index contributed by atoms with van der Waals surface area (Å²) in [6.07, 6.45) is 7.71. The molecular weight excluding hydrogens is 1620 g/mol. The van der Waals surface area contributed by atoms with Crippen molar-refractivity contribution >= 4 is 141 Å². The molecule has 5 heterocycles. The van der Waals surface area contributed by atoms with E-state index in [1.54, 1.807) is 14.2 Å². The molecule has 0 N–H and O–H groups in total. The van der Waals surface area contributed by atoms with Crippen LogP contribution in [0.5, 0.6) is 11.5 Å². The number of ether oxygens (including phenoxy) is 2. The molecule has 0 saturated carbocycles. The summed E-state index contributed by atoms with van der Waals surface area (Å²) in [5.41, 5.74) is 36.4. The van der Waals surface area contributed by atoms with Crippen molar-refractivity contribution < 1.29 is 9.47 Å². The zero-order chi connectivity index (χ0) is 92.4. The van der Waals surface area contributed by atoms with Crippen LogP contribution in [0, 0.1) is 83.1 Å². The van der Waals surface area contributed by atoms with E-state index in [1.165, 1.54) is 269 Å². The van der Waals surface area contributed by atoms with Crippen molar-refractivity contribution in [2.45, 2.75) is 162 Å². The van der Waals surface area contributed by atoms with Gasteiger partial charge in [0.15, 0.2) is 0 Å². The third kappa shape index (κ3) is 18.0. The normalized spacial score (nSPS) is 11.5. The Bertz CT molecular complexity index is 7790. The number of methoxy groups -OCH3 is 2. The predicted molar refractivity (Wildman–Crippen MR) is 576 cm³/mol. The molecule has 0 radical (unpaired) electrons. The summed E-state index contributed by atoms with van der Waals surface area (Å²) in [5.74, 6) is 1.75. The number of unbranched alkanes of at least 4 members (excludes halogenated alkanes) is 4. The fourth-order valence-electron chi connectivity index (χ4n) is 20.1. The van der Waals surface area contributed by atoms with Crippen molar-refractivity contribution in [3.63, 3.8) is 0 Å². The third-order valence-electron chi connectivity index (χ3n) is 27.0. The molecule has 7 nitrogen and oxygen atoms in total. The summed E-state index contributed by atoms with van der Waals surface area (Å²) in [7, 11) is 3.39. The molecule has 133 heavy (non-hydrogen) atoms. The number of rotatable bonds is 15. The average molecular weight is 1740 g/mol. The van der Waals surface area contributed by atoms with Crippen molar-refractivity contribution in [3.8, 4) is 45.1 Å². The summed E-state index contributed by atoms with van der Waals surface area (Å²) in [6, 6.07) is 120. The Kier molecular flexibility index (Phi) is 25.9. The summed E-state index contributed by atoms with van der Waals surface area (Å²) < 4.78 is 22.7. The highest BCUT2D eigenvalue weighted by molar-refractivity contribution is 6.28. The number of aromatic nitrogens is 5. The van der Waals surface area contributed by atoms with Crippen molar-refractivity contribution in [1.29, 1.82) is 0 Å². The molecule has 0 bridgehead atoms. The average Bonchev–Trinajstić information content (AvgIpc) is 1.70. The molecule has 0 fully saturated rings. The van der Waals surface area contributed by atoms with Gasteiger partial charge in [-0.05, 0) is 323 Å². The zero-order valence-electron chi connectivity index (χ0n) is 80.6. The van der Waals surface area contributed by atoms with E-state index in [0.717, 1.165) is 42.5 Å². The first kappa shape index (κ1) is 89.2. The maximum atomic E-state index is 5.29. The van der Waals surface area contributed by atoms with Crippen molar-refractivity contribution in [1.82, 2.24) is 22.8 Å². The fraction of sp³-hybridized carbons (Fsp3) is 0.206. The topological polar surface area (TPSA) is 43.1 Å². The van der Waals surface area contributed by atoms with Crippen LogP contribution in [0.2, 0.25) is 0 Å². The predicted octanol–water partition coefficient (Wildman–Crippen LogP) is 35.0. The lowest BCUT2D eigenvalue weighted by atomic mass is 9.87. The standard InChI is InChI=1S/C30H22.2C21H19NO.C20H25N.C18H21N.C16H17N/c1-19-3-7-21(8-4-19)25-15-11-23-14-18-28-26(22-9-5-20(2)6-10-22)16-12-24-13-17-27(25)29(23)30(24)28;1-14-4-10-20-18(12-14)19-13-15(2)5-11-21(19)22(20)16-6-8-17(23-3)9-7-16;1-14-4-10-18-19-11-5-15(2)13-21(19)22(20(18)12-14)16-6-8-17(23-3)9-7-16;1-4-5-6-7-12-21-19-13-15(2)8-10-17(19)18-11-9-16(3)14-20(18)21;1-4-5-10-19-17-11-13(2)6-8-15(17)16-9-7-14(3)12-18(16)19;1-4-17-15-9-11(2)5-7-13(15)14-8-6-12(3)10-16(14)17/h3-18H,1-2H3;2*4-13H,1-3H3;8-11,13-14H,4-7,12H2,1-3H3;6-9,11-12H,4-5,10H2,1-3H3;5-10H,4H2,1-3H3. The SMILES string of the molecule is CCCCCCn1c2cc(C)ccc2c2ccc(C)cc21.CCCCn1c2cc(C)ccc2c2ccc(C)cc21.CCn1c2cc(C)ccc2c2ccc(C)cc21.COc1ccc(-n2c3cc(C)ccc3c3ccc(C)cc32)cc1.COc1ccc(-n2c3ccc(C)cc3c3cc(C)ccc32)cc1.Cc1ccc(-c2ccc3ccc4c(-c5ccc(C)cc5)ccc5ccc2c3c54)cc1. The van der Waals surface area contributed by atoms with Gasteiger partial charge >= 0.3 is 0 Å². The fourth-order valence-corrected chi connectivity index (χ4v) is 20.1. The molecule has 664 valence electrons. The second-order valence-corrected chi connectivity index (χ2v) is 37.1. The smallest absolute Gasteiger partial charge is 0.119 e. The van der Waals surface area contributed by atoms with Crippen LogP contribution in [-0.2, 0) is 19.6 Å². The van der Waals surface area contributed by atoms with E-state index < -0.39 is 0 Å². The maximum Gasteiger partial charge on any atom is 0.119 e. The Labute approximate surface area is 784 Å². The molecule has 18 aromatic carbocycles. The molecule has 7 heteroatoms. The minimum absolute atomic E-state index is 0.876. The Morgan fingerprint density at radius 2 is 0.466 bits per heavy atom. The monoisotopic (exact) mass is 1740 g/mol. The second-order valence-electron chi connectivity index (χ2n) is 37.1. The first-order valence-electron chi connectivity index (χ1n) is 47.8. The number of fused-ring (bicyclic) bond motifs is 15. The number of nitrogens with zero attached hydrogens (tertiary/aromatic N) is 5. The van der Waals surface area contributed by atoms with Crippen molar-refractivity contribution in [2.24, 2.45) is 0 Å². The summed E-state index contributed by atoms with van der Waals surface area (Å²) in [6.45, 7) is 35.9. The van der Waals surface area contributed by atoms with Crippen LogP contribution in [0.15, 0.2) is 328 Å². The molecule has 0 aliphatic rings. The first-order chi connectivity index (χ1) is 64.6. The van der Waals surface area contributed by atoms with Gasteiger partial charge in [-0.25, -0.2) is 0 Å². The lowest BCUT2D eigenvalue weighted by Crippen LogP contribution is -1.98. The lowest BCUT2D eigenvalue weighted by Gasteiger charge is -2.16. The summed E-state index contributed by atoms with van der Waals surface area (Å²) in [5, 5.41) is 21.5. The number of hydrogen-bond acceptors (Lipinski definition) is 2. The summed E-state index contributed by atoms with van der Waals surface area (Å²) >= 11 is 0. The highest BCUT2D eigenvalue weighted by Gasteiger charge is 2.20. The first-order valence-corrected chi connectivity index (χ1v) is 47.8. The molecule has 5 aromatic heterocycles. The van der Waals surface area contributed by atoms with Gasteiger partial charge in [0.05, 0.1) is 36.3 Å². The van der Waals surface area contributed by atoms with Gasteiger partial charge in [0, 0.05) is 118 Å². The van der Waals surface area contributed by atoms with Crippen molar-refractivity contribution in [3.05, 3.63) is 394 Å². The second kappa shape index (κ2) is 38.6. The molecule has 0 spiro atoms. The van der Waals surface area contributed by atoms with Crippen LogP contribution in [0.3, 0.4) is 0 Å². The number of hydrogen-bond donors (Lipinski definition) is 0. The van der Waals surface area contributed by atoms with E-state index in [2.05, 4.69) is 430 Å². The van der Waals surface area contributed by atoms with Crippen LogP contribution in [0.1, 0.15) is 126 Å².